The highest BCUT2D eigenvalue weighted by atomic mass is 19.1. The summed E-state index contributed by atoms with van der Waals surface area (Å²) in [7, 11) is 0. The number of carbonyl (C=O) groups is 4. The van der Waals surface area contributed by atoms with Gasteiger partial charge in [-0.1, -0.05) is 42.7 Å². The lowest BCUT2D eigenvalue weighted by Gasteiger charge is -2.32. The first-order valence-corrected chi connectivity index (χ1v) is 12.2. The maximum absolute atomic E-state index is 13.7. The third-order valence-electron chi connectivity index (χ3n) is 6.89. The lowest BCUT2D eigenvalue weighted by atomic mass is 10.0. The van der Waals surface area contributed by atoms with Crippen LogP contribution in [-0.2, 0) is 14.4 Å². The Kier molecular flexibility index (Phi) is 7.67. The van der Waals surface area contributed by atoms with Crippen molar-refractivity contribution in [3.05, 3.63) is 71.0 Å². The molecule has 9 heteroatoms. The number of hydrogen-bond acceptors (Lipinski definition) is 4. The average Bonchev–Trinajstić information content (AvgIpc) is 3.53. The predicted octanol–water partition coefficient (Wildman–Crippen LogP) is 3.27. The molecule has 2 atom stereocenters. The van der Waals surface area contributed by atoms with Gasteiger partial charge < -0.3 is 20.2 Å². The van der Waals surface area contributed by atoms with E-state index in [1.54, 1.807) is 18.2 Å². The molecule has 1 aliphatic carbocycles. The Bertz CT molecular complexity index is 1150. The third-order valence-corrected chi connectivity index (χ3v) is 6.89. The fraction of sp³-hybridized carbons (Fsp3) is 0.407. The highest BCUT2D eigenvalue weighted by Crippen LogP contribution is 2.30. The molecule has 0 bridgehead atoms. The molecule has 2 fully saturated rings. The van der Waals surface area contributed by atoms with E-state index in [0.29, 0.717) is 11.1 Å². The van der Waals surface area contributed by atoms with Crippen LogP contribution < -0.4 is 5.32 Å². The summed E-state index contributed by atoms with van der Waals surface area (Å²) in [5.74, 6) is -3.02. The van der Waals surface area contributed by atoms with Crippen LogP contribution in [0.5, 0.6) is 0 Å². The number of nitrogens with zero attached hydrogens (tertiary/aromatic N) is 2. The maximum Gasteiger partial charge on any atom is 0.305 e. The average molecular weight is 496 g/mol. The molecule has 0 spiro atoms. The fourth-order valence-electron chi connectivity index (χ4n) is 5.07. The minimum absolute atomic E-state index is 0.163. The molecule has 1 heterocycles. The van der Waals surface area contributed by atoms with Gasteiger partial charge in [0.2, 0.25) is 5.91 Å². The highest BCUT2D eigenvalue weighted by Gasteiger charge is 2.45. The number of nitrogens with one attached hydrogen (secondary N) is 1. The van der Waals surface area contributed by atoms with E-state index in [1.807, 2.05) is 13.0 Å². The van der Waals surface area contributed by atoms with Crippen molar-refractivity contribution in [3.8, 4) is 0 Å². The van der Waals surface area contributed by atoms with E-state index in [4.69, 9.17) is 0 Å². The Hall–Kier alpha value is -3.75. The van der Waals surface area contributed by atoms with Gasteiger partial charge in [-0.05, 0) is 49.6 Å². The molecular formula is C27H30FN3O5. The second-order valence-corrected chi connectivity index (χ2v) is 9.47. The summed E-state index contributed by atoms with van der Waals surface area (Å²) in [6.07, 6.45) is 1.73. The standard InChI is InChI=1S/C27H30FN3O5/c1-17-5-4-8-20(15-17)27(36)31-14-13-30(26(35)19-6-2-3-7-19)25(31)24(34)29-22(16-23(32)33)18-9-11-21(28)12-10-18/h4-5,8-12,15,19,22,25H,2-3,6-7,13-14,16H2,1H3,(H,29,34)(H,32,33). The van der Waals surface area contributed by atoms with E-state index in [0.717, 1.165) is 31.2 Å². The van der Waals surface area contributed by atoms with E-state index in [2.05, 4.69) is 5.32 Å². The van der Waals surface area contributed by atoms with Gasteiger partial charge >= 0.3 is 5.97 Å². The lowest BCUT2D eigenvalue weighted by molar-refractivity contribution is -0.145. The lowest BCUT2D eigenvalue weighted by Crippen LogP contribution is -2.55. The van der Waals surface area contributed by atoms with E-state index >= 15 is 0 Å². The monoisotopic (exact) mass is 495 g/mol. The topological polar surface area (TPSA) is 107 Å². The van der Waals surface area contributed by atoms with E-state index < -0.39 is 36.3 Å². The Balaban J connectivity index is 1.64. The van der Waals surface area contributed by atoms with Crippen LogP contribution in [0.1, 0.15) is 59.6 Å². The first-order valence-electron chi connectivity index (χ1n) is 12.2. The molecule has 0 radical (unpaired) electrons. The molecule has 0 aromatic heterocycles. The molecule has 2 aliphatic rings. The van der Waals surface area contributed by atoms with Gasteiger partial charge in [-0.2, -0.15) is 0 Å². The van der Waals surface area contributed by atoms with Crippen LogP contribution >= 0.6 is 0 Å². The molecule has 8 nitrogen and oxygen atoms in total. The quantitative estimate of drug-likeness (QED) is 0.613. The molecule has 190 valence electrons. The van der Waals surface area contributed by atoms with Crippen molar-refractivity contribution in [2.24, 2.45) is 5.92 Å². The van der Waals surface area contributed by atoms with Crippen molar-refractivity contribution in [3.63, 3.8) is 0 Å². The van der Waals surface area contributed by atoms with Crippen molar-refractivity contribution in [2.75, 3.05) is 13.1 Å². The maximum atomic E-state index is 13.7. The van der Waals surface area contributed by atoms with Crippen LogP contribution in [0.2, 0.25) is 0 Å². The molecule has 2 N–H and O–H groups in total. The SMILES string of the molecule is Cc1cccc(C(=O)N2CCN(C(=O)C3CCCC3)C2C(=O)NC(CC(=O)O)c2ccc(F)cc2)c1. The molecule has 1 saturated heterocycles. The minimum Gasteiger partial charge on any atom is -0.481 e. The summed E-state index contributed by atoms with van der Waals surface area (Å²) in [6, 6.07) is 11.2. The summed E-state index contributed by atoms with van der Waals surface area (Å²) < 4.78 is 13.4. The number of carboxylic acids is 1. The van der Waals surface area contributed by atoms with Gasteiger partial charge in [0.15, 0.2) is 6.17 Å². The van der Waals surface area contributed by atoms with Crippen molar-refractivity contribution in [1.29, 1.82) is 0 Å². The smallest absolute Gasteiger partial charge is 0.305 e. The van der Waals surface area contributed by atoms with Gasteiger partial charge in [0.1, 0.15) is 5.82 Å². The van der Waals surface area contributed by atoms with Gasteiger partial charge in [-0.3, -0.25) is 19.2 Å². The number of halogens is 1. The molecule has 4 rings (SSSR count). The zero-order valence-corrected chi connectivity index (χ0v) is 20.2. The van der Waals surface area contributed by atoms with Crippen LogP contribution in [0.4, 0.5) is 4.39 Å². The van der Waals surface area contributed by atoms with Gasteiger partial charge in [-0.15, -0.1) is 0 Å². The molecule has 3 amide bonds. The number of hydrogen-bond donors (Lipinski definition) is 2. The van der Waals surface area contributed by atoms with E-state index in [9.17, 15) is 28.7 Å². The van der Waals surface area contributed by atoms with Crippen LogP contribution in [-0.4, -0.2) is 57.9 Å². The largest absolute Gasteiger partial charge is 0.481 e. The summed E-state index contributed by atoms with van der Waals surface area (Å²) >= 11 is 0. The molecule has 2 unspecified atom stereocenters. The second-order valence-electron chi connectivity index (χ2n) is 9.47. The number of rotatable bonds is 7. The Morgan fingerprint density at radius 1 is 1.03 bits per heavy atom. The minimum atomic E-state index is -1.21. The fourth-order valence-corrected chi connectivity index (χ4v) is 5.07. The van der Waals surface area contributed by atoms with Crippen molar-refractivity contribution in [1.82, 2.24) is 15.1 Å². The number of benzene rings is 2. The van der Waals surface area contributed by atoms with Gasteiger partial charge in [-0.25, -0.2) is 4.39 Å². The van der Waals surface area contributed by atoms with Crippen LogP contribution in [0.3, 0.4) is 0 Å². The number of carboxylic acid groups (broad SMARTS) is 1. The number of amides is 3. The van der Waals surface area contributed by atoms with Crippen molar-refractivity contribution < 1.29 is 28.7 Å². The van der Waals surface area contributed by atoms with Crippen molar-refractivity contribution in [2.45, 2.75) is 51.2 Å². The summed E-state index contributed by atoms with van der Waals surface area (Å²) in [4.78, 5) is 54.8. The van der Waals surface area contributed by atoms with E-state index in [1.165, 1.54) is 34.1 Å². The predicted molar refractivity (Wildman–Crippen MR) is 129 cm³/mol. The molecule has 2 aromatic rings. The second kappa shape index (κ2) is 10.9. The number of carbonyl (C=O) groups excluding carboxylic acids is 3. The van der Waals surface area contributed by atoms with Crippen LogP contribution in [0.15, 0.2) is 48.5 Å². The highest BCUT2D eigenvalue weighted by molar-refractivity contribution is 5.99. The molecule has 36 heavy (non-hydrogen) atoms. The molecular weight excluding hydrogens is 465 g/mol. The van der Waals surface area contributed by atoms with Gasteiger partial charge in [0, 0.05) is 24.6 Å². The van der Waals surface area contributed by atoms with E-state index in [-0.39, 0.29) is 30.8 Å². The first-order chi connectivity index (χ1) is 17.2. The third kappa shape index (κ3) is 5.56. The van der Waals surface area contributed by atoms with Crippen molar-refractivity contribution >= 4 is 23.7 Å². The molecule has 2 aromatic carbocycles. The summed E-state index contributed by atoms with van der Waals surface area (Å²) in [5, 5.41) is 12.1. The first kappa shape index (κ1) is 25.3. The Morgan fingerprint density at radius 2 is 1.69 bits per heavy atom. The number of aliphatic carboxylic acids is 1. The van der Waals surface area contributed by atoms with Gasteiger partial charge in [0.25, 0.3) is 11.8 Å². The summed E-state index contributed by atoms with van der Waals surface area (Å²) in [6.45, 7) is 2.26. The number of aryl methyl sites for hydroxylation is 1. The zero-order valence-electron chi connectivity index (χ0n) is 20.2. The van der Waals surface area contributed by atoms with Crippen LogP contribution in [0, 0.1) is 18.7 Å². The van der Waals surface area contributed by atoms with Crippen LogP contribution in [0.25, 0.3) is 0 Å². The zero-order chi connectivity index (χ0) is 25.8. The van der Waals surface area contributed by atoms with Gasteiger partial charge in [0.05, 0.1) is 12.5 Å². The Morgan fingerprint density at radius 3 is 2.33 bits per heavy atom. The summed E-state index contributed by atoms with van der Waals surface area (Å²) in [5.41, 5.74) is 1.71. The normalized spacial score (nSPS) is 18.8. The molecule has 1 saturated carbocycles. The Labute approximate surface area is 209 Å². The molecule has 1 aliphatic heterocycles.